The number of carbonyl (C=O) groups is 4. The number of fused-ring (bicyclic) bond motifs is 1. The third kappa shape index (κ3) is 3.93. The number of carbonyl (C=O) groups excluding carboxylic acids is 4. The van der Waals surface area contributed by atoms with Gasteiger partial charge in [-0.2, -0.15) is 0 Å². The van der Waals surface area contributed by atoms with E-state index in [1.807, 2.05) is 0 Å². The Morgan fingerprint density at radius 1 is 1.07 bits per heavy atom. The van der Waals surface area contributed by atoms with Crippen LogP contribution in [0.25, 0.3) is 0 Å². The number of benzene rings is 1. The molecule has 4 amide bonds. The molecule has 1 saturated heterocycles. The summed E-state index contributed by atoms with van der Waals surface area (Å²) < 4.78 is 6.08. The molecule has 28 heavy (non-hydrogen) atoms. The molecule has 2 unspecified atom stereocenters. The molecule has 150 valence electrons. The van der Waals surface area contributed by atoms with Gasteiger partial charge in [0.2, 0.25) is 11.8 Å². The van der Waals surface area contributed by atoms with E-state index in [2.05, 4.69) is 19.2 Å². The highest BCUT2D eigenvalue weighted by molar-refractivity contribution is 6.23. The van der Waals surface area contributed by atoms with Crippen molar-refractivity contribution in [1.82, 2.24) is 10.2 Å². The van der Waals surface area contributed by atoms with Crippen molar-refractivity contribution in [2.75, 3.05) is 0 Å². The first-order valence-electron chi connectivity index (χ1n) is 9.98. The average molecular weight is 386 g/mol. The molecule has 0 bridgehead atoms. The zero-order valence-corrected chi connectivity index (χ0v) is 16.3. The Balaban J connectivity index is 1.79. The van der Waals surface area contributed by atoms with E-state index >= 15 is 0 Å². The highest BCUT2D eigenvalue weighted by atomic mass is 16.5. The molecule has 0 aromatic heterocycles. The van der Waals surface area contributed by atoms with Crippen molar-refractivity contribution in [3.63, 3.8) is 0 Å². The zero-order valence-electron chi connectivity index (χ0n) is 16.3. The Labute approximate surface area is 164 Å². The standard InChI is InChI=1S/C21H26N2O5/c1-3-5-7-13(6-4-2)28-14-8-9-15-16(12-14)21(27)23(20(15)26)17-10-11-18(24)22-19(17)25/h8-9,12-13,17H,3-7,10-11H2,1-2H3,(H,22,24,25). The first-order valence-corrected chi connectivity index (χ1v) is 9.98. The summed E-state index contributed by atoms with van der Waals surface area (Å²) in [6.45, 7) is 4.23. The first-order chi connectivity index (χ1) is 13.5. The van der Waals surface area contributed by atoms with E-state index in [1.165, 1.54) is 0 Å². The van der Waals surface area contributed by atoms with E-state index in [1.54, 1.807) is 18.2 Å². The molecule has 7 nitrogen and oxygen atoms in total. The molecule has 0 saturated carbocycles. The fourth-order valence-corrected chi connectivity index (χ4v) is 3.73. The minimum atomic E-state index is -0.952. The van der Waals surface area contributed by atoms with Gasteiger partial charge in [-0.25, -0.2) is 0 Å². The van der Waals surface area contributed by atoms with Crippen molar-refractivity contribution in [2.24, 2.45) is 0 Å². The molecule has 0 aliphatic carbocycles. The van der Waals surface area contributed by atoms with Gasteiger partial charge in [0, 0.05) is 6.42 Å². The lowest BCUT2D eigenvalue weighted by Crippen LogP contribution is -2.54. The number of nitrogens with one attached hydrogen (secondary N) is 1. The van der Waals surface area contributed by atoms with Crippen LogP contribution in [0, 0.1) is 0 Å². The SMILES string of the molecule is CCCCC(CCC)Oc1ccc2c(c1)C(=O)N(C1CCC(=O)NC1=O)C2=O. The molecule has 2 heterocycles. The van der Waals surface area contributed by atoms with Crippen LogP contribution < -0.4 is 10.1 Å². The Morgan fingerprint density at radius 3 is 2.50 bits per heavy atom. The first kappa shape index (κ1) is 20.0. The van der Waals surface area contributed by atoms with Crippen molar-refractivity contribution in [1.29, 1.82) is 0 Å². The van der Waals surface area contributed by atoms with Crippen LogP contribution in [0.5, 0.6) is 5.75 Å². The number of nitrogens with zero attached hydrogens (tertiary/aromatic N) is 1. The highest BCUT2D eigenvalue weighted by Gasteiger charge is 2.44. The summed E-state index contributed by atoms with van der Waals surface area (Å²) >= 11 is 0. The molecule has 7 heteroatoms. The molecule has 3 rings (SSSR count). The van der Waals surface area contributed by atoms with Gasteiger partial charge < -0.3 is 4.74 Å². The van der Waals surface area contributed by atoms with Gasteiger partial charge in [-0.15, -0.1) is 0 Å². The molecule has 2 aliphatic rings. The molecule has 0 radical (unpaired) electrons. The lowest BCUT2D eigenvalue weighted by Gasteiger charge is -2.27. The topological polar surface area (TPSA) is 92.8 Å². The minimum Gasteiger partial charge on any atom is -0.490 e. The van der Waals surface area contributed by atoms with Crippen molar-refractivity contribution in [3.8, 4) is 5.75 Å². The average Bonchev–Trinajstić information content (AvgIpc) is 2.91. The van der Waals surface area contributed by atoms with Gasteiger partial charge in [-0.1, -0.05) is 33.1 Å². The summed E-state index contributed by atoms with van der Waals surface area (Å²) in [5.41, 5.74) is 0.514. The van der Waals surface area contributed by atoms with Gasteiger partial charge in [0.05, 0.1) is 17.2 Å². The van der Waals surface area contributed by atoms with Crippen molar-refractivity contribution in [3.05, 3.63) is 29.3 Å². The lowest BCUT2D eigenvalue weighted by molar-refractivity contribution is -0.136. The second kappa shape index (κ2) is 8.54. The van der Waals surface area contributed by atoms with E-state index in [4.69, 9.17) is 4.74 Å². The van der Waals surface area contributed by atoms with Gasteiger partial charge in [0.15, 0.2) is 0 Å². The maximum absolute atomic E-state index is 12.9. The van der Waals surface area contributed by atoms with Crippen molar-refractivity contribution >= 4 is 23.6 Å². The number of amides is 4. The van der Waals surface area contributed by atoms with Gasteiger partial charge in [0.1, 0.15) is 11.8 Å². The molecule has 1 aromatic carbocycles. The van der Waals surface area contributed by atoms with Crippen LogP contribution in [0.15, 0.2) is 18.2 Å². The van der Waals surface area contributed by atoms with E-state index in [0.29, 0.717) is 5.75 Å². The smallest absolute Gasteiger partial charge is 0.262 e. The Bertz CT molecular complexity index is 804. The lowest BCUT2D eigenvalue weighted by atomic mass is 10.0. The van der Waals surface area contributed by atoms with Crippen molar-refractivity contribution in [2.45, 2.75) is 70.9 Å². The van der Waals surface area contributed by atoms with Gasteiger partial charge in [0.25, 0.3) is 11.8 Å². The normalized spacial score (nSPS) is 20.2. The monoisotopic (exact) mass is 386 g/mol. The maximum Gasteiger partial charge on any atom is 0.262 e. The van der Waals surface area contributed by atoms with E-state index in [-0.39, 0.29) is 36.0 Å². The van der Waals surface area contributed by atoms with Crippen LogP contribution in [-0.4, -0.2) is 40.7 Å². The largest absolute Gasteiger partial charge is 0.490 e. The third-order valence-electron chi connectivity index (χ3n) is 5.20. The number of hydrogen-bond acceptors (Lipinski definition) is 5. The van der Waals surface area contributed by atoms with E-state index in [9.17, 15) is 19.2 Å². The van der Waals surface area contributed by atoms with Gasteiger partial charge in [-0.05, 0) is 37.5 Å². The summed E-state index contributed by atoms with van der Waals surface area (Å²) in [7, 11) is 0. The second-order valence-corrected chi connectivity index (χ2v) is 7.33. The summed E-state index contributed by atoms with van der Waals surface area (Å²) in [5, 5.41) is 2.20. The van der Waals surface area contributed by atoms with Gasteiger partial charge >= 0.3 is 0 Å². The number of unbranched alkanes of at least 4 members (excludes halogenated alkanes) is 1. The summed E-state index contributed by atoms with van der Waals surface area (Å²) in [6.07, 6.45) is 5.34. The molecule has 1 fully saturated rings. The molecule has 2 atom stereocenters. The quantitative estimate of drug-likeness (QED) is 0.694. The zero-order chi connectivity index (χ0) is 20.3. The predicted molar refractivity (Wildman–Crippen MR) is 102 cm³/mol. The summed E-state index contributed by atoms with van der Waals surface area (Å²) in [6, 6.07) is 3.93. The van der Waals surface area contributed by atoms with Crippen LogP contribution in [0.3, 0.4) is 0 Å². The van der Waals surface area contributed by atoms with Crippen molar-refractivity contribution < 1.29 is 23.9 Å². The van der Waals surface area contributed by atoms with Crippen LogP contribution in [0.1, 0.15) is 79.5 Å². The predicted octanol–water partition coefficient (Wildman–Crippen LogP) is 2.83. The summed E-state index contributed by atoms with van der Waals surface area (Å²) in [4.78, 5) is 50.0. The third-order valence-corrected chi connectivity index (χ3v) is 5.20. The molecule has 1 N–H and O–H groups in total. The fourth-order valence-electron chi connectivity index (χ4n) is 3.73. The number of rotatable bonds is 8. The number of ether oxygens (including phenoxy) is 1. The van der Waals surface area contributed by atoms with E-state index in [0.717, 1.165) is 37.0 Å². The molecule has 0 spiro atoms. The molecular formula is C21H26N2O5. The van der Waals surface area contributed by atoms with E-state index < -0.39 is 23.8 Å². The van der Waals surface area contributed by atoms with Crippen LogP contribution in [0.2, 0.25) is 0 Å². The maximum atomic E-state index is 12.9. The minimum absolute atomic E-state index is 0.0708. The number of imide groups is 2. The number of hydrogen-bond donors (Lipinski definition) is 1. The molecule has 2 aliphatic heterocycles. The molecule has 1 aromatic rings. The van der Waals surface area contributed by atoms with Gasteiger partial charge in [-0.3, -0.25) is 29.4 Å². The Morgan fingerprint density at radius 2 is 1.82 bits per heavy atom. The molecular weight excluding hydrogens is 360 g/mol. The van der Waals surface area contributed by atoms with Crippen LogP contribution >= 0.6 is 0 Å². The number of piperidine rings is 1. The Hall–Kier alpha value is -2.70. The van der Waals surface area contributed by atoms with Crippen LogP contribution in [0.4, 0.5) is 0 Å². The second-order valence-electron chi connectivity index (χ2n) is 7.33. The fraction of sp³-hybridized carbons (Fsp3) is 0.524. The Kier molecular flexibility index (Phi) is 6.11. The highest BCUT2D eigenvalue weighted by Crippen LogP contribution is 2.31. The summed E-state index contributed by atoms with van der Waals surface area (Å²) in [5.74, 6) is -1.45. The van der Waals surface area contributed by atoms with Crippen LogP contribution in [-0.2, 0) is 9.59 Å².